The number of nitrogens with zero attached hydrogens (tertiary/aromatic N) is 1. The highest BCUT2D eigenvalue weighted by Crippen LogP contribution is 2.23. The molecule has 1 aliphatic rings. The zero-order valence-electron chi connectivity index (χ0n) is 12.9. The highest BCUT2D eigenvalue weighted by atomic mass is 32.2. The van der Waals surface area contributed by atoms with Gasteiger partial charge in [0.25, 0.3) is 5.91 Å². The quantitative estimate of drug-likeness (QED) is 0.879. The average molecular weight is 326 g/mol. The van der Waals surface area contributed by atoms with Crippen molar-refractivity contribution in [2.24, 2.45) is 0 Å². The van der Waals surface area contributed by atoms with Crippen LogP contribution < -0.4 is 10.2 Å². The van der Waals surface area contributed by atoms with Crippen molar-refractivity contribution in [1.82, 2.24) is 5.32 Å². The van der Waals surface area contributed by atoms with Crippen molar-refractivity contribution in [3.8, 4) is 0 Å². The average Bonchev–Trinajstić information content (AvgIpc) is 2.96. The van der Waals surface area contributed by atoms with Gasteiger partial charge in [0.2, 0.25) is 5.91 Å². The minimum absolute atomic E-state index is 0.0498. The molecule has 0 aliphatic carbocycles. The predicted octanol–water partition coefficient (Wildman–Crippen LogP) is 2.94. The first-order valence-electron chi connectivity index (χ1n) is 7.51. The number of hydrogen-bond donors (Lipinski definition) is 1. The van der Waals surface area contributed by atoms with Gasteiger partial charge >= 0.3 is 0 Å². The second-order valence-corrected chi connectivity index (χ2v) is 6.19. The van der Waals surface area contributed by atoms with E-state index in [-0.39, 0.29) is 11.8 Å². The van der Waals surface area contributed by atoms with E-state index in [9.17, 15) is 9.59 Å². The molecule has 3 rings (SSSR count). The van der Waals surface area contributed by atoms with Gasteiger partial charge in [-0.1, -0.05) is 30.3 Å². The molecular formula is C18H18N2O2S. The van der Waals surface area contributed by atoms with E-state index in [1.807, 2.05) is 54.8 Å². The summed E-state index contributed by atoms with van der Waals surface area (Å²) in [5, 5.41) is 2.88. The molecule has 2 aromatic carbocycles. The van der Waals surface area contributed by atoms with Crippen LogP contribution in [0.25, 0.3) is 0 Å². The van der Waals surface area contributed by atoms with Gasteiger partial charge in [-0.3, -0.25) is 9.59 Å². The molecule has 1 fully saturated rings. The third kappa shape index (κ3) is 3.24. The van der Waals surface area contributed by atoms with Crippen molar-refractivity contribution < 1.29 is 9.59 Å². The molecule has 2 aromatic rings. The van der Waals surface area contributed by atoms with Gasteiger partial charge in [0.15, 0.2) is 0 Å². The summed E-state index contributed by atoms with van der Waals surface area (Å²) in [6.45, 7) is 0.623. The Balaban J connectivity index is 1.72. The summed E-state index contributed by atoms with van der Waals surface area (Å²) in [5.41, 5.74) is 1.49. The van der Waals surface area contributed by atoms with E-state index in [4.69, 9.17) is 0 Å². The van der Waals surface area contributed by atoms with Crippen LogP contribution >= 0.6 is 11.8 Å². The molecule has 0 spiro atoms. The lowest BCUT2D eigenvalue weighted by Crippen LogP contribution is -2.41. The van der Waals surface area contributed by atoms with Gasteiger partial charge in [0.05, 0.1) is 5.56 Å². The lowest BCUT2D eigenvalue weighted by Gasteiger charge is -2.17. The number of rotatable bonds is 4. The van der Waals surface area contributed by atoms with Crippen LogP contribution in [-0.2, 0) is 4.79 Å². The number of carbonyl (C=O) groups excluding carboxylic acids is 2. The van der Waals surface area contributed by atoms with Crippen LogP contribution in [0.2, 0.25) is 0 Å². The molecule has 0 aromatic heterocycles. The lowest BCUT2D eigenvalue weighted by atomic mass is 10.2. The smallest absolute Gasteiger partial charge is 0.253 e. The van der Waals surface area contributed by atoms with Crippen molar-refractivity contribution in [3.05, 3.63) is 60.2 Å². The second kappa shape index (κ2) is 6.87. The number of carbonyl (C=O) groups is 2. The Hall–Kier alpha value is -2.27. The lowest BCUT2D eigenvalue weighted by molar-refractivity contribution is -0.118. The largest absolute Gasteiger partial charge is 0.340 e. The number of benzene rings is 2. The van der Waals surface area contributed by atoms with Crippen molar-refractivity contribution in [3.63, 3.8) is 0 Å². The molecule has 1 aliphatic heterocycles. The van der Waals surface area contributed by atoms with Crippen molar-refractivity contribution in [2.75, 3.05) is 17.7 Å². The van der Waals surface area contributed by atoms with Crippen molar-refractivity contribution in [1.29, 1.82) is 0 Å². The van der Waals surface area contributed by atoms with Crippen LogP contribution in [0.3, 0.4) is 0 Å². The number of hydrogen-bond acceptors (Lipinski definition) is 3. The summed E-state index contributed by atoms with van der Waals surface area (Å²) in [5.74, 6) is -0.241. The molecule has 23 heavy (non-hydrogen) atoms. The van der Waals surface area contributed by atoms with Gasteiger partial charge in [0.1, 0.15) is 6.04 Å². The summed E-state index contributed by atoms with van der Waals surface area (Å²) < 4.78 is 0. The zero-order chi connectivity index (χ0) is 16.2. The van der Waals surface area contributed by atoms with Crippen LogP contribution in [0.5, 0.6) is 0 Å². The Bertz CT molecular complexity index is 718. The van der Waals surface area contributed by atoms with Crippen LogP contribution in [0, 0.1) is 0 Å². The topological polar surface area (TPSA) is 49.4 Å². The summed E-state index contributed by atoms with van der Waals surface area (Å²) in [6, 6.07) is 16.5. The van der Waals surface area contributed by atoms with Crippen LogP contribution in [-0.4, -0.2) is 30.7 Å². The number of amides is 2. The Morgan fingerprint density at radius 1 is 1.13 bits per heavy atom. The number of anilines is 1. The molecule has 5 heteroatoms. The normalized spacial score (nSPS) is 17.3. The first-order valence-corrected chi connectivity index (χ1v) is 8.73. The van der Waals surface area contributed by atoms with E-state index in [0.717, 1.165) is 10.6 Å². The molecule has 1 atom stereocenters. The number of para-hydroxylation sites is 1. The number of thioether (sulfide) groups is 1. The maximum Gasteiger partial charge on any atom is 0.253 e. The maximum absolute atomic E-state index is 12.5. The summed E-state index contributed by atoms with van der Waals surface area (Å²) in [7, 11) is 0. The fourth-order valence-electron chi connectivity index (χ4n) is 2.75. The van der Waals surface area contributed by atoms with E-state index >= 15 is 0 Å². The van der Waals surface area contributed by atoms with Crippen molar-refractivity contribution in [2.45, 2.75) is 17.4 Å². The van der Waals surface area contributed by atoms with Crippen LogP contribution in [0.4, 0.5) is 5.69 Å². The van der Waals surface area contributed by atoms with Gasteiger partial charge in [0, 0.05) is 17.1 Å². The molecular weight excluding hydrogens is 308 g/mol. The third-order valence-corrected chi connectivity index (χ3v) is 4.73. The van der Waals surface area contributed by atoms with Crippen LogP contribution in [0.1, 0.15) is 16.8 Å². The molecule has 0 saturated carbocycles. The van der Waals surface area contributed by atoms with E-state index in [1.165, 1.54) is 11.8 Å². The van der Waals surface area contributed by atoms with Gasteiger partial charge in [-0.05, 0) is 36.9 Å². The van der Waals surface area contributed by atoms with Crippen molar-refractivity contribution >= 4 is 29.3 Å². The van der Waals surface area contributed by atoms with Gasteiger partial charge in [-0.2, -0.15) is 0 Å². The molecule has 2 amide bonds. The van der Waals surface area contributed by atoms with E-state index in [0.29, 0.717) is 18.5 Å². The monoisotopic (exact) mass is 326 g/mol. The van der Waals surface area contributed by atoms with Crippen LogP contribution in [0.15, 0.2) is 59.5 Å². The minimum atomic E-state index is -0.461. The Kier molecular flexibility index (Phi) is 4.67. The zero-order valence-corrected chi connectivity index (χ0v) is 13.7. The first kappa shape index (κ1) is 15.6. The first-order chi connectivity index (χ1) is 11.2. The molecule has 0 radical (unpaired) electrons. The molecule has 118 valence electrons. The summed E-state index contributed by atoms with van der Waals surface area (Å²) in [4.78, 5) is 27.6. The molecule has 1 heterocycles. The van der Waals surface area contributed by atoms with Gasteiger partial charge in [-0.25, -0.2) is 0 Å². The van der Waals surface area contributed by atoms with E-state index in [1.54, 1.807) is 11.0 Å². The summed E-state index contributed by atoms with van der Waals surface area (Å²) in [6.07, 6.45) is 2.56. The predicted molar refractivity (Wildman–Crippen MR) is 92.9 cm³/mol. The third-order valence-electron chi connectivity index (χ3n) is 3.93. The Morgan fingerprint density at radius 2 is 1.83 bits per heavy atom. The van der Waals surface area contributed by atoms with Gasteiger partial charge < -0.3 is 10.2 Å². The molecule has 1 saturated heterocycles. The number of nitrogens with one attached hydrogen (secondary N) is 1. The maximum atomic E-state index is 12.5. The Labute approximate surface area is 139 Å². The fraction of sp³-hybridized carbons (Fsp3) is 0.222. The molecule has 1 N–H and O–H groups in total. The van der Waals surface area contributed by atoms with E-state index < -0.39 is 6.04 Å². The standard InChI is InChI=1S/C18H18N2O2S/c1-23-16-10-6-5-9-14(16)17(21)19-15-11-12-20(18(15)22)13-7-3-2-4-8-13/h2-10,15H,11-12H2,1H3,(H,19,21). The molecule has 0 bridgehead atoms. The second-order valence-electron chi connectivity index (χ2n) is 5.34. The molecule has 1 unspecified atom stereocenters. The minimum Gasteiger partial charge on any atom is -0.340 e. The highest BCUT2D eigenvalue weighted by Gasteiger charge is 2.33. The van der Waals surface area contributed by atoms with E-state index in [2.05, 4.69) is 5.32 Å². The highest BCUT2D eigenvalue weighted by molar-refractivity contribution is 7.98. The fourth-order valence-corrected chi connectivity index (χ4v) is 3.34. The SMILES string of the molecule is CSc1ccccc1C(=O)NC1CCN(c2ccccc2)C1=O. The van der Waals surface area contributed by atoms with Gasteiger partial charge in [-0.15, -0.1) is 11.8 Å². The Morgan fingerprint density at radius 3 is 2.57 bits per heavy atom. The molecule has 4 nitrogen and oxygen atoms in total. The summed E-state index contributed by atoms with van der Waals surface area (Å²) >= 11 is 1.52.